The minimum absolute atomic E-state index is 0.0715. The second-order valence-electron chi connectivity index (χ2n) is 6.36. The second-order valence-corrected chi connectivity index (χ2v) is 6.36. The molecule has 2 aromatic rings. The van der Waals surface area contributed by atoms with Gasteiger partial charge in [-0.2, -0.15) is 0 Å². The highest BCUT2D eigenvalue weighted by Crippen LogP contribution is 2.19. The highest BCUT2D eigenvalue weighted by atomic mass is 16.2. The molecule has 3 N–H and O–H groups in total. The number of carbonyl (C=O) groups excluding carboxylic acids is 2. The van der Waals surface area contributed by atoms with Crippen molar-refractivity contribution in [1.29, 1.82) is 0 Å². The van der Waals surface area contributed by atoms with E-state index in [2.05, 4.69) is 22.9 Å². The van der Waals surface area contributed by atoms with Crippen molar-refractivity contribution < 1.29 is 9.59 Å². The number of rotatable bonds is 8. The summed E-state index contributed by atoms with van der Waals surface area (Å²) in [5, 5.41) is 8.90. The lowest BCUT2D eigenvalue weighted by atomic mass is 10.1. The summed E-state index contributed by atoms with van der Waals surface area (Å²) in [6, 6.07) is 13.0. The average molecular weight is 353 g/mol. The molecule has 0 aliphatic heterocycles. The van der Waals surface area contributed by atoms with Crippen LogP contribution in [0.25, 0.3) is 0 Å². The van der Waals surface area contributed by atoms with Crippen molar-refractivity contribution in [3.05, 3.63) is 59.2 Å². The zero-order valence-electron chi connectivity index (χ0n) is 15.7. The Morgan fingerprint density at radius 1 is 0.962 bits per heavy atom. The Labute approximate surface area is 155 Å². The highest BCUT2D eigenvalue weighted by molar-refractivity contribution is 5.96. The van der Waals surface area contributed by atoms with E-state index in [0.717, 1.165) is 35.3 Å². The normalized spacial score (nSPS) is 10.3. The topological polar surface area (TPSA) is 70.2 Å². The van der Waals surface area contributed by atoms with Crippen molar-refractivity contribution in [3.63, 3.8) is 0 Å². The molecule has 2 amide bonds. The molecule has 0 unspecified atom stereocenters. The molecule has 5 nitrogen and oxygen atoms in total. The Kier molecular flexibility index (Phi) is 7.21. The van der Waals surface area contributed by atoms with Gasteiger partial charge in [0.15, 0.2) is 0 Å². The molecule has 0 bridgehead atoms. The lowest BCUT2D eigenvalue weighted by Crippen LogP contribution is -2.24. The number of hydrogen-bond donors (Lipinski definition) is 3. The Bertz CT molecular complexity index is 734. The summed E-state index contributed by atoms with van der Waals surface area (Å²) in [6.07, 6.45) is 2.02. The molecule has 138 valence electrons. The molecular formula is C21H27N3O2. The van der Waals surface area contributed by atoms with Crippen LogP contribution in [-0.2, 0) is 4.79 Å². The molecule has 0 heterocycles. The number of para-hydroxylation sites is 1. The van der Waals surface area contributed by atoms with Gasteiger partial charge in [-0.25, -0.2) is 0 Å². The maximum atomic E-state index is 12.2. The van der Waals surface area contributed by atoms with Crippen molar-refractivity contribution in [2.45, 2.75) is 33.6 Å². The first kappa shape index (κ1) is 19.5. The fraction of sp³-hybridized carbons (Fsp3) is 0.333. The van der Waals surface area contributed by atoms with Gasteiger partial charge in [0.05, 0.1) is 6.54 Å². The van der Waals surface area contributed by atoms with Crippen LogP contribution in [0.2, 0.25) is 0 Å². The number of carbonyl (C=O) groups is 2. The van der Waals surface area contributed by atoms with Gasteiger partial charge in [0.25, 0.3) is 5.91 Å². The van der Waals surface area contributed by atoms with Gasteiger partial charge >= 0.3 is 0 Å². The van der Waals surface area contributed by atoms with Crippen LogP contribution in [0.1, 0.15) is 41.3 Å². The molecule has 0 aliphatic carbocycles. The summed E-state index contributed by atoms with van der Waals surface area (Å²) < 4.78 is 0. The largest absolute Gasteiger partial charge is 0.376 e. The first-order chi connectivity index (χ1) is 12.5. The Hall–Kier alpha value is -2.82. The fourth-order valence-electron chi connectivity index (χ4n) is 2.60. The SMILES string of the molecule is CCCCNC(=O)c1ccc(NCC(=O)Nc2c(C)cccc2C)cc1. The second kappa shape index (κ2) is 9.61. The van der Waals surface area contributed by atoms with E-state index >= 15 is 0 Å². The third kappa shape index (κ3) is 5.62. The predicted octanol–water partition coefficient (Wildman–Crippen LogP) is 3.88. The molecule has 2 aromatic carbocycles. The number of amides is 2. The fourth-order valence-corrected chi connectivity index (χ4v) is 2.60. The molecular weight excluding hydrogens is 326 g/mol. The lowest BCUT2D eigenvalue weighted by Gasteiger charge is -2.12. The van der Waals surface area contributed by atoms with E-state index in [4.69, 9.17) is 0 Å². The maximum absolute atomic E-state index is 12.2. The molecule has 0 radical (unpaired) electrons. The number of benzene rings is 2. The van der Waals surface area contributed by atoms with Gasteiger partial charge in [0.2, 0.25) is 5.91 Å². The van der Waals surface area contributed by atoms with Crippen molar-refractivity contribution >= 4 is 23.2 Å². The van der Waals surface area contributed by atoms with E-state index in [0.29, 0.717) is 12.1 Å². The molecule has 26 heavy (non-hydrogen) atoms. The van der Waals surface area contributed by atoms with Crippen LogP contribution in [0.4, 0.5) is 11.4 Å². The summed E-state index contributed by atoms with van der Waals surface area (Å²) in [7, 11) is 0. The van der Waals surface area contributed by atoms with Gasteiger partial charge in [-0.3, -0.25) is 9.59 Å². The summed E-state index contributed by atoms with van der Waals surface area (Å²) in [5.41, 5.74) is 4.35. The van der Waals surface area contributed by atoms with Crippen molar-refractivity contribution in [2.24, 2.45) is 0 Å². The molecule has 0 aliphatic rings. The third-order valence-corrected chi connectivity index (χ3v) is 4.16. The smallest absolute Gasteiger partial charge is 0.251 e. The third-order valence-electron chi connectivity index (χ3n) is 4.16. The Morgan fingerprint density at radius 3 is 2.23 bits per heavy atom. The molecule has 0 atom stereocenters. The van der Waals surface area contributed by atoms with Crippen molar-refractivity contribution in [3.8, 4) is 0 Å². The summed E-state index contributed by atoms with van der Waals surface area (Å²) in [4.78, 5) is 24.1. The van der Waals surface area contributed by atoms with Gasteiger partial charge in [-0.15, -0.1) is 0 Å². The molecule has 2 rings (SSSR count). The van der Waals surface area contributed by atoms with E-state index in [9.17, 15) is 9.59 Å². The molecule has 0 fully saturated rings. The Morgan fingerprint density at radius 2 is 1.62 bits per heavy atom. The van der Waals surface area contributed by atoms with Gasteiger partial charge in [0, 0.05) is 23.5 Å². The van der Waals surface area contributed by atoms with E-state index in [1.54, 1.807) is 24.3 Å². The number of aryl methyl sites for hydroxylation is 2. The zero-order valence-corrected chi connectivity index (χ0v) is 15.7. The first-order valence-corrected chi connectivity index (χ1v) is 8.99. The number of nitrogens with one attached hydrogen (secondary N) is 3. The average Bonchev–Trinajstić information content (AvgIpc) is 2.64. The molecule has 0 saturated heterocycles. The van der Waals surface area contributed by atoms with Gasteiger partial charge in [-0.1, -0.05) is 31.5 Å². The van der Waals surface area contributed by atoms with Crippen LogP contribution < -0.4 is 16.0 Å². The Balaban J connectivity index is 1.85. The molecule has 5 heteroatoms. The van der Waals surface area contributed by atoms with Gasteiger partial charge in [0.1, 0.15) is 0 Å². The highest BCUT2D eigenvalue weighted by Gasteiger charge is 2.08. The molecule has 0 saturated carbocycles. The summed E-state index contributed by atoms with van der Waals surface area (Å²) >= 11 is 0. The van der Waals surface area contributed by atoms with E-state index < -0.39 is 0 Å². The van der Waals surface area contributed by atoms with Crippen LogP contribution in [0.5, 0.6) is 0 Å². The maximum Gasteiger partial charge on any atom is 0.251 e. The zero-order chi connectivity index (χ0) is 18.9. The summed E-state index contributed by atoms with van der Waals surface area (Å²) in [6.45, 7) is 6.88. The first-order valence-electron chi connectivity index (χ1n) is 8.99. The minimum atomic E-state index is -0.108. The van der Waals surface area contributed by atoms with E-state index in [1.165, 1.54) is 0 Å². The predicted molar refractivity (Wildman–Crippen MR) is 107 cm³/mol. The minimum Gasteiger partial charge on any atom is -0.376 e. The van der Waals surface area contributed by atoms with E-state index in [-0.39, 0.29) is 18.4 Å². The lowest BCUT2D eigenvalue weighted by molar-refractivity contribution is -0.114. The van der Waals surface area contributed by atoms with E-state index in [1.807, 2.05) is 32.0 Å². The van der Waals surface area contributed by atoms with Crippen molar-refractivity contribution in [2.75, 3.05) is 23.7 Å². The van der Waals surface area contributed by atoms with Crippen LogP contribution >= 0.6 is 0 Å². The monoisotopic (exact) mass is 353 g/mol. The van der Waals surface area contributed by atoms with Crippen LogP contribution in [0, 0.1) is 13.8 Å². The van der Waals surface area contributed by atoms with Crippen molar-refractivity contribution in [1.82, 2.24) is 5.32 Å². The number of hydrogen-bond acceptors (Lipinski definition) is 3. The molecule has 0 spiro atoms. The van der Waals surface area contributed by atoms with Crippen LogP contribution in [-0.4, -0.2) is 24.9 Å². The van der Waals surface area contributed by atoms with Gasteiger partial charge in [-0.05, 0) is 55.7 Å². The van der Waals surface area contributed by atoms with Crippen LogP contribution in [0.3, 0.4) is 0 Å². The summed E-state index contributed by atoms with van der Waals surface area (Å²) in [5.74, 6) is -0.179. The standard InChI is InChI=1S/C21H27N3O2/c1-4-5-13-22-21(26)17-9-11-18(12-10-17)23-14-19(25)24-20-15(2)7-6-8-16(20)3/h6-12,23H,4-5,13-14H2,1-3H3,(H,22,26)(H,24,25). The number of unbranched alkanes of at least 4 members (excludes halogenated alkanes) is 1. The molecule has 0 aromatic heterocycles. The quantitative estimate of drug-likeness (QED) is 0.631. The van der Waals surface area contributed by atoms with Crippen LogP contribution in [0.15, 0.2) is 42.5 Å². The number of anilines is 2. The van der Waals surface area contributed by atoms with Gasteiger partial charge < -0.3 is 16.0 Å².